The van der Waals surface area contributed by atoms with Gasteiger partial charge in [0.15, 0.2) is 15.6 Å². The predicted octanol–water partition coefficient (Wildman–Crippen LogP) is 4.47. The molecule has 3 aromatic rings. The van der Waals surface area contributed by atoms with Crippen LogP contribution in [0.5, 0.6) is 5.75 Å². The highest BCUT2D eigenvalue weighted by Crippen LogP contribution is 2.29. The van der Waals surface area contributed by atoms with E-state index in [1.54, 1.807) is 49.4 Å². The van der Waals surface area contributed by atoms with E-state index < -0.39 is 9.84 Å². The van der Waals surface area contributed by atoms with Crippen molar-refractivity contribution in [3.63, 3.8) is 0 Å². The van der Waals surface area contributed by atoms with Gasteiger partial charge in [0.2, 0.25) is 5.91 Å². The minimum atomic E-state index is -3.67. The molecule has 0 fully saturated rings. The average Bonchev–Trinajstić information content (AvgIpc) is 3.07. The van der Waals surface area contributed by atoms with Crippen molar-refractivity contribution in [1.29, 1.82) is 0 Å². The first-order valence-electron chi connectivity index (χ1n) is 10.0. The number of hydrogen-bond acceptors (Lipinski definition) is 6. The summed E-state index contributed by atoms with van der Waals surface area (Å²) in [7, 11) is -3.67. The number of benzene rings is 2. The lowest BCUT2D eigenvalue weighted by atomic mass is 10.1. The second-order valence-electron chi connectivity index (χ2n) is 7.28. The van der Waals surface area contributed by atoms with E-state index in [1.165, 1.54) is 0 Å². The second-order valence-corrected chi connectivity index (χ2v) is 9.35. The Bertz CT molecular complexity index is 1180. The largest absolute Gasteiger partial charge is 0.494 e. The number of aryl methyl sites for hydroxylation is 2. The van der Waals surface area contributed by atoms with E-state index in [2.05, 4.69) is 10.5 Å². The molecular weight excluding hydrogens is 416 g/mol. The maximum Gasteiger partial charge on any atom is 0.225 e. The predicted molar refractivity (Wildman–Crippen MR) is 119 cm³/mol. The maximum atomic E-state index is 13.0. The molecule has 31 heavy (non-hydrogen) atoms. The number of carbonyl (C=O) groups is 1. The van der Waals surface area contributed by atoms with Gasteiger partial charge in [-0.3, -0.25) is 4.79 Å². The SMILES string of the molecule is CCOc1ccc(NC(=O)CCS(=O)(=O)c2cc(-c3onc(C)c3C)ccc2C)cc1. The van der Waals surface area contributed by atoms with Crippen LogP contribution >= 0.6 is 0 Å². The smallest absolute Gasteiger partial charge is 0.225 e. The fraction of sp³-hybridized carbons (Fsp3) is 0.304. The summed E-state index contributed by atoms with van der Waals surface area (Å²) in [4.78, 5) is 12.5. The van der Waals surface area contributed by atoms with Gasteiger partial charge in [0.25, 0.3) is 0 Å². The molecule has 8 heteroatoms. The lowest BCUT2D eigenvalue weighted by Crippen LogP contribution is -2.18. The fourth-order valence-electron chi connectivity index (χ4n) is 3.12. The molecular formula is C23H26N2O5S. The first-order chi connectivity index (χ1) is 14.7. The number of hydrogen-bond donors (Lipinski definition) is 1. The summed E-state index contributed by atoms with van der Waals surface area (Å²) in [5, 5.41) is 6.65. The molecule has 0 aliphatic rings. The number of anilines is 1. The molecule has 2 aromatic carbocycles. The molecule has 1 aromatic heterocycles. The summed E-state index contributed by atoms with van der Waals surface area (Å²) < 4.78 is 36.6. The first-order valence-corrected chi connectivity index (χ1v) is 11.7. The number of rotatable bonds is 8. The van der Waals surface area contributed by atoms with Crippen LogP contribution in [0.15, 0.2) is 51.9 Å². The number of sulfone groups is 1. The Hall–Kier alpha value is -3.13. The lowest BCUT2D eigenvalue weighted by Gasteiger charge is -2.10. The van der Waals surface area contributed by atoms with Crippen molar-refractivity contribution >= 4 is 21.4 Å². The van der Waals surface area contributed by atoms with Gasteiger partial charge < -0.3 is 14.6 Å². The summed E-state index contributed by atoms with van der Waals surface area (Å²) >= 11 is 0. The van der Waals surface area contributed by atoms with Gasteiger partial charge in [-0.2, -0.15) is 0 Å². The van der Waals surface area contributed by atoms with Crippen LogP contribution in [-0.2, 0) is 14.6 Å². The molecule has 0 saturated carbocycles. The van der Waals surface area contributed by atoms with Crippen LogP contribution in [0.25, 0.3) is 11.3 Å². The summed E-state index contributed by atoms with van der Waals surface area (Å²) in [6.07, 6.45) is -0.153. The molecule has 0 aliphatic carbocycles. The van der Waals surface area contributed by atoms with Gasteiger partial charge in [-0.1, -0.05) is 17.3 Å². The van der Waals surface area contributed by atoms with Crippen LogP contribution in [-0.4, -0.2) is 31.8 Å². The summed E-state index contributed by atoms with van der Waals surface area (Å²) in [5.41, 5.74) is 3.46. The number of amides is 1. The molecule has 0 atom stereocenters. The third kappa shape index (κ3) is 5.32. The first kappa shape index (κ1) is 22.6. The fourth-order valence-corrected chi connectivity index (χ4v) is 4.66. The molecule has 7 nitrogen and oxygen atoms in total. The van der Waals surface area contributed by atoms with Crippen LogP contribution in [0.4, 0.5) is 5.69 Å². The Morgan fingerprint density at radius 2 is 1.81 bits per heavy atom. The molecule has 1 amide bonds. The van der Waals surface area contributed by atoms with Gasteiger partial charge in [0, 0.05) is 23.2 Å². The Kier molecular flexibility index (Phi) is 6.80. The molecule has 3 rings (SSSR count). The van der Waals surface area contributed by atoms with E-state index in [9.17, 15) is 13.2 Å². The normalized spacial score (nSPS) is 11.4. The summed E-state index contributed by atoms with van der Waals surface area (Å²) in [6.45, 7) is 7.88. The molecule has 0 unspecified atom stereocenters. The number of nitrogens with one attached hydrogen (secondary N) is 1. The maximum absolute atomic E-state index is 13.0. The van der Waals surface area contributed by atoms with Crippen molar-refractivity contribution in [2.75, 3.05) is 17.7 Å². The minimum absolute atomic E-state index is 0.153. The van der Waals surface area contributed by atoms with Crippen LogP contribution < -0.4 is 10.1 Å². The third-order valence-electron chi connectivity index (χ3n) is 4.99. The van der Waals surface area contributed by atoms with Gasteiger partial charge in [0.05, 0.1) is 22.9 Å². The van der Waals surface area contributed by atoms with Crippen molar-refractivity contribution in [3.8, 4) is 17.1 Å². The van der Waals surface area contributed by atoms with Gasteiger partial charge >= 0.3 is 0 Å². The summed E-state index contributed by atoms with van der Waals surface area (Å²) in [6, 6.07) is 12.1. The highest BCUT2D eigenvalue weighted by molar-refractivity contribution is 7.91. The van der Waals surface area contributed by atoms with Crippen molar-refractivity contribution in [2.45, 2.75) is 39.0 Å². The van der Waals surface area contributed by atoms with E-state index >= 15 is 0 Å². The van der Waals surface area contributed by atoms with E-state index in [0.717, 1.165) is 11.3 Å². The van der Waals surface area contributed by atoms with Crippen molar-refractivity contribution in [3.05, 3.63) is 59.3 Å². The molecule has 0 aliphatic heterocycles. The zero-order chi connectivity index (χ0) is 22.6. The Labute approximate surface area is 182 Å². The van der Waals surface area contributed by atoms with E-state index in [1.807, 2.05) is 20.8 Å². The highest BCUT2D eigenvalue weighted by Gasteiger charge is 2.21. The number of nitrogens with zero attached hydrogens (tertiary/aromatic N) is 1. The van der Waals surface area contributed by atoms with Crippen LogP contribution in [0, 0.1) is 20.8 Å². The number of aromatic nitrogens is 1. The Morgan fingerprint density at radius 3 is 2.42 bits per heavy atom. The molecule has 0 bridgehead atoms. The average molecular weight is 443 g/mol. The Morgan fingerprint density at radius 1 is 1.10 bits per heavy atom. The minimum Gasteiger partial charge on any atom is -0.494 e. The topological polar surface area (TPSA) is 98.5 Å². The van der Waals surface area contributed by atoms with E-state index in [-0.39, 0.29) is 23.0 Å². The van der Waals surface area contributed by atoms with Crippen molar-refractivity contribution in [2.24, 2.45) is 0 Å². The highest BCUT2D eigenvalue weighted by atomic mass is 32.2. The van der Waals surface area contributed by atoms with Gasteiger partial charge in [0.1, 0.15) is 5.75 Å². The molecule has 164 valence electrons. The summed E-state index contributed by atoms with van der Waals surface area (Å²) in [5.74, 6) is 0.579. The van der Waals surface area contributed by atoms with Crippen molar-refractivity contribution < 1.29 is 22.5 Å². The third-order valence-corrected chi connectivity index (χ3v) is 6.84. The van der Waals surface area contributed by atoms with Gasteiger partial charge in [-0.15, -0.1) is 0 Å². The van der Waals surface area contributed by atoms with E-state index in [0.29, 0.717) is 34.9 Å². The molecule has 0 spiro atoms. The van der Waals surface area contributed by atoms with Crippen LogP contribution in [0.2, 0.25) is 0 Å². The Balaban J connectivity index is 1.71. The van der Waals surface area contributed by atoms with Crippen LogP contribution in [0.1, 0.15) is 30.2 Å². The molecule has 0 saturated heterocycles. The quantitative estimate of drug-likeness (QED) is 0.553. The van der Waals surface area contributed by atoms with Gasteiger partial charge in [-0.05, 0) is 63.6 Å². The van der Waals surface area contributed by atoms with Gasteiger partial charge in [-0.25, -0.2) is 8.42 Å². The zero-order valence-electron chi connectivity index (χ0n) is 18.1. The zero-order valence-corrected chi connectivity index (χ0v) is 18.9. The van der Waals surface area contributed by atoms with E-state index in [4.69, 9.17) is 9.26 Å². The molecule has 0 radical (unpaired) electrons. The lowest BCUT2D eigenvalue weighted by molar-refractivity contribution is -0.115. The number of carbonyl (C=O) groups excluding carboxylic acids is 1. The molecule has 1 N–H and O–H groups in total. The molecule has 1 heterocycles. The standard InChI is InChI=1S/C23H26N2O5S/c1-5-29-20-10-8-19(9-11-20)24-22(26)12-13-31(27,28)21-14-18(7-6-15(21)2)23-16(3)17(4)25-30-23/h6-11,14H,5,12-13H2,1-4H3,(H,24,26). The van der Waals surface area contributed by atoms with Crippen molar-refractivity contribution in [1.82, 2.24) is 5.16 Å². The number of ether oxygens (including phenoxy) is 1. The van der Waals surface area contributed by atoms with Crippen LogP contribution in [0.3, 0.4) is 0 Å². The monoisotopic (exact) mass is 442 g/mol. The second kappa shape index (κ2) is 9.34.